The van der Waals surface area contributed by atoms with Gasteiger partial charge in [-0.25, -0.2) is 0 Å². The maximum Gasteiger partial charge on any atom is 0.161 e. The molecule has 1 aliphatic heterocycles. The number of hydrogen-bond donors (Lipinski definition) is 0. The van der Waals surface area contributed by atoms with Gasteiger partial charge in [0.2, 0.25) is 0 Å². The molecule has 1 atom stereocenters. The standard InChI is InChI=1S/C14H12BrIO2S/c15-14(10-7-13(16)19-8-10)9-2-3-11-12(6-9)18-5-1-4-17-11/h2-3,6-8,14H,1,4-5H2. The molecule has 100 valence electrons. The van der Waals surface area contributed by atoms with E-state index in [0.717, 1.165) is 31.1 Å². The van der Waals surface area contributed by atoms with Gasteiger partial charge in [0, 0.05) is 6.42 Å². The molecule has 1 aromatic carbocycles. The molecular weight excluding hydrogens is 439 g/mol. The van der Waals surface area contributed by atoms with Gasteiger partial charge < -0.3 is 9.47 Å². The Bertz CT molecular complexity index is 585. The third kappa shape index (κ3) is 3.08. The Morgan fingerprint density at radius 1 is 1.11 bits per heavy atom. The van der Waals surface area contributed by atoms with Gasteiger partial charge in [-0.1, -0.05) is 22.0 Å². The van der Waals surface area contributed by atoms with Crippen LogP contribution in [0.15, 0.2) is 29.6 Å². The highest BCUT2D eigenvalue weighted by Crippen LogP contribution is 2.38. The van der Waals surface area contributed by atoms with Crippen LogP contribution in [0.25, 0.3) is 0 Å². The van der Waals surface area contributed by atoms with E-state index < -0.39 is 0 Å². The molecule has 0 N–H and O–H groups in total. The molecule has 1 aromatic heterocycles. The van der Waals surface area contributed by atoms with Gasteiger partial charge in [0.1, 0.15) is 0 Å². The number of alkyl halides is 1. The summed E-state index contributed by atoms with van der Waals surface area (Å²) in [6, 6.07) is 8.37. The quantitative estimate of drug-likeness (QED) is 0.473. The monoisotopic (exact) mass is 450 g/mol. The molecule has 5 heteroatoms. The molecule has 0 saturated heterocycles. The van der Waals surface area contributed by atoms with E-state index in [9.17, 15) is 0 Å². The lowest BCUT2D eigenvalue weighted by atomic mass is 10.1. The molecule has 19 heavy (non-hydrogen) atoms. The summed E-state index contributed by atoms with van der Waals surface area (Å²) in [5.74, 6) is 1.70. The van der Waals surface area contributed by atoms with Crippen LogP contribution < -0.4 is 9.47 Å². The van der Waals surface area contributed by atoms with Gasteiger partial charge in [0.15, 0.2) is 11.5 Å². The van der Waals surface area contributed by atoms with Crippen molar-refractivity contribution in [1.29, 1.82) is 0 Å². The summed E-state index contributed by atoms with van der Waals surface area (Å²) < 4.78 is 12.7. The second-order valence-electron chi connectivity index (χ2n) is 4.30. The largest absolute Gasteiger partial charge is 0.490 e. The molecule has 0 radical (unpaired) electrons. The highest BCUT2D eigenvalue weighted by atomic mass is 127. The first-order chi connectivity index (χ1) is 9.24. The number of rotatable bonds is 2. The van der Waals surface area contributed by atoms with E-state index in [1.165, 1.54) is 14.0 Å². The van der Waals surface area contributed by atoms with Gasteiger partial charge in [-0.15, -0.1) is 11.3 Å². The number of benzene rings is 1. The van der Waals surface area contributed by atoms with Crippen LogP contribution in [0.5, 0.6) is 11.5 Å². The Labute approximate surface area is 138 Å². The van der Waals surface area contributed by atoms with Gasteiger partial charge in [-0.05, 0) is 57.3 Å². The molecule has 0 fully saturated rings. The van der Waals surface area contributed by atoms with E-state index in [-0.39, 0.29) is 4.83 Å². The summed E-state index contributed by atoms with van der Waals surface area (Å²) in [5, 5.41) is 2.18. The third-order valence-electron chi connectivity index (χ3n) is 2.94. The topological polar surface area (TPSA) is 18.5 Å². The van der Waals surface area contributed by atoms with Crippen LogP contribution >= 0.6 is 49.9 Å². The lowest BCUT2D eigenvalue weighted by Crippen LogP contribution is -1.97. The van der Waals surface area contributed by atoms with Crippen LogP contribution in [0.1, 0.15) is 22.4 Å². The SMILES string of the molecule is BrC(c1csc(I)c1)c1ccc2c(c1)OCCCO2. The van der Waals surface area contributed by atoms with E-state index >= 15 is 0 Å². The summed E-state index contributed by atoms with van der Waals surface area (Å²) in [5.41, 5.74) is 2.47. The first-order valence-corrected chi connectivity index (χ1v) is 8.89. The molecule has 3 rings (SSSR count). The van der Waals surface area contributed by atoms with Gasteiger partial charge in [-0.2, -0.15) is 0 Å². The van der Waals surface area contributed by atoms with Crippen LogP contribution in [0.3, 0.4) is 0 Å². The van der Waals surface area contributed by atoms with E-state index in [0.29, 0.717) is 0 Å². The summed E-state index contributed by atoms with van der Waals surface area (Å²) in [6.45, 7) is 1.45. The smallest absolute Gasteiger partial charge is 0.161 e. The highest BCUT2D eigenvalue weighted by Gasteiger charge is 2.16. The second kappa shape index (κ2) is 6.01. The summed E-state index contributed by atoms with van der Waals surface area (Å²) in [7, 11) is 0. The minimum Gasteiger partial charge on any atom is -0.490 e. The molecule has 1 unspecified atom stereocenters. The number of thiophene rings is 1. The van der Waals surface area contributed by atoms with Crippen molar-refractivity contribution in [2.24, 2.45) is 0 Å². The highest BCUT2D eigenvalue weighted by molar-refractivity contribution is 14.1. The number of halogens is 2. The Hall–Kier alpha value is -0.270. The Morgan fingerprint density at radius 2 is 1.89 bits per heavy atom. The van der Waals surface area contributed by atoms with Gasteiger partial charge in [0.25, 0.3) is 0 Å². The fraction of sp³-hybridized carbons (Fsp3) is 0.286. The average molecular weight is 451 g/mol. The van der Waals surface area contributed by atoms with Crippen LogP contribution in [-0.2, 0) is 0 Å². The predicted octanol–water partition coefficient (Wildman–Crippen LogP) is 5.00. The van der Waals surface area contributed by atoms with E-state index in [1.54, 1.807) is 11.3 Å². The molecule has 0 amide bonds. The Kier molecular flexibility index (Phi) is 4.34. The zero-order valence-corrected chi connectivity index (χ0v) is 14.6. The Morgan fingerprint density at radius 3 is 2.63 bits per heavy atom. The van der Waals surface area contributed by atoms with Crippen molar-refractivity contribution in [3.05, 3.63) is 43.7 Å². The molecule has 1 aliphatic rings. The normalized spacial score (nSPS) is 15.9. The molecule has 2 heterocycles. The van der Waals surface area contributed by atoms with Crippen LogP contribution in [0.4, 0.5) is 0 Å². The van der Waals surface area contributed by atoms with E-state index in [4.69, 9.17) is 9.47 Å². The molecule has 2 aromatic rings. The van der Waals surface area contributed by atoms with Gasteiger partial charge >= 0.3 is 0 Å². The third-order valence-corrected chi connectivity index (χ3v) is 5.81. The van der Waals surface area contributed by atoms with Crippen LogP contribution in [0, 0.1) is 2.88 Å². The van der Waals surface area contributed by atoms with Crippen molar-refractivity contribution in [2.75, 3.05) is 13.2 Å². The maximum atomic E-state index is 5.74. The Balaban J connectivity index is 1.91. The lowest BCUT2D eigenvalue weighted by molar-refractivity contribution is 0.297. The van der Waals surface area contributed by atoms with Crippen LogP contribution in [0.2, 0.25) is 0 Å². The van der Waals surface area contributed by atoms with Gasteiger partial charge in [0.05, 0.1) is 20.9 Å². The number of fused-ring (bicyclic) bond motifs is 1. The fourth-order valence-corrected chi connectivity index (χ4v) is 4.11. The van der Waals surface area contributed by atoms with Crippen molar-refractivity contribution in [3.8, 4) is 11.5 Å². The molecule has 0 spiro atoms. The average Bonchev–Trinajstić information content (AvgIpc) is 2.72. The van der Waals surface area contributed by atoms with Crippen molar-refractivity contribution in [3.63, 3.8) is 0 Å². The zero-order valence-electron chi connectivity index (χ0n) is 10.1. The summed E-state index contributed by atoms with van der Waals surface area (Å²) in [4.78, 5) is 0.199. The summed E-state index contributed by atoms with van der Waals surface area (Å²) in [6.07, 6.45) is 0.935. The first kappa shape index (κ1) is 13.7. The van der Waals surface area contributed by atoms with Crippen molar-refractivity contribution >= 4 is 49.9 Å². The second-order valence-corrected chi connectivity index (χ2v) is 8.02. The maximum absolute atomic E-state index is 5.74. The predicted molar refractivity (Wildman–Crippen MR) is 89.9 cm³/mol. The molecule has 0 aliphatic carbocycles. The minimum absolute atomic E-state index is 0.199. The lowest BCUT2D eigenvalue weighted by Gasteiger charge is -2.12. The molecule has 2 nitrogen and oxygen atoms in total. The van der Waals surface area contributed by atoms with Crippen molar-refractivity contribution in [1.82, 2.24) is 0 Å². The van der Waals surface area contributed by atoms with Gasteiger partial charge in [-0.3, -0.25) is 0 Å². The number of ether oxygens (including phenoxy) is 2. The number of hydrogen-bond acceptors (Lipinski definition) is 3. The van der Waals surface area contributed by atoms with Crippen molar-refractivity contribution in [2.45, 2.75) is 11.2 Å². The van der Waals surface area contributed by atoms with E-state index in [2.05, 4.69) is 62.1 Å². The molecule has 0 saturated carbocycles. The molecule has 0 bridgehead atoms. The molecular formula is C14H12BrIO2S. The minimum atomic E-state index is 0.199. The van der Waals surface area contributed by atoms with E-state index in [1.807, 2.05) is 6.07 Å². The van der Waals surface area contributed by atoms with Crippen LogP contribution in [-0.4, -0.2) is 13.2 Å². The van der Waals surface area contributed by atoms with Crippen molar-refractivity contribution < 1.29 is 9.47 Å². The zero-order chi connectivity index (χ0) is 13.2. The fourth-order valence-electron chi connectivity index (χ4n) is 1.99. The first-order valence-electron chi connectivity index (χ1n) is 6.01. The summed E-state index contributed by atoms with van der Waals surface area (Å²) >= 11 is 7.87.